The summed E-state index contributed by atoms with van der Waals surface area (Å²) in [7, 11) is 0. The molecule has 0 amide bonds. The van der Waals surface area contributed by atoms with Crippen LogP contribution in [-0.2, 0) is 0 Å². The van der Waals surface area contributed by atoms with Crippen LogP contribution in [-0.4, -0.2) is 9.97 Å². The van der Waals surface area contributed by atoms with Crippen LogP contribution < -0.4 is 5.73 Å². The molecule has 0 unspecified atom stereocenters. The third kappa shape index (κ3) is 2.52. The molecule has 2 aromatic heterocycles. The fourth-order valence-corrected chi connectivity index (χ4v) is 2.16. The summed E-state index contributed by atoms with van der Waals surface area (Å²) in [5.74, 6) is 0. The Balaban J connectivity index is 2.09. The van der Waals surface area contributed by atoms with E-state index in [-0.39, 0.29) is 0 Å². The highest BCUT2D eigenvalue weighted by molar-refractivity contribution is 5.76. The molecule has 98 valence electrons. The first-order chi connectivity index (χ1) is 9.72. The Morgan fingerprint density at radius 2 is 1.60 bits per heavy atom. The van der Waals surface area contributed by atoms with Gasteiger partial charge in [0, 0.05) is 41.1 Å². The van der Waals surface area contributed by atoms with Gasteiger partial charge in [0.2, 0.25) is 0 Å². The molecular formula is C17H15N3. The van der Waals surface area contributed by atoms with Gasteiger partial charge in [0.05, 0.1) is 0 Å². The quantitative estimate of drug-likeness (QED) is 0.715. The fraction of sp³-hybridized carbons (Fsp3) is 0.0588. The van der Waals surface area contributed by atoms with Gasteiger partial charge >= 0.3 is 0 Å². The van der Waals surface area contributed by atoms with Crippen molar-refractivity contribution in [2.24, 2.45) is 0 Å². The molecular weight excluding hydrogens is 246 g/mol. The summed E-state index contributed by atoms with van der Waals surface area (Å²) < 4.78 is 0. The fourth-order valence-electron chi connectivity index (χ4n) is 2.16. The number of aryl methyl sites for hydroxylation is 1. The summed E-state index contributed by atoms with van der Waals surface area (Å²) in [5.41, 5.74) is 12.0. The molecule has 0 saturated heterocycles. The number of nitrogens with zero attached hydrogens (tertiary/aromatic N) is 2. The van der Waals surface area contributed by atoms with Crippen LogP contribution in [0.25, 0.3) is 22.3 Å². The molecule has 0 atom stereocenters. The topological polar surface area (TPSA) is 51.8 Å². The normalized spacial score (nSPS) is 10.4. The molecule has 3 heteroatoms. The highest BCUT2D eigenvalue weighted by atomic mass is 14.7. The molecule has 3 nitrogen and oxygen atoms in total. The van der Waals surface area contributed by atoms with Gasteiger partial charge in [-0.25, -0.2) is 0 Å². The molecule has 0 aliphatic heterocycles. The van der Waals surface area contributed by atoms with E-state index >= 15 is 0 Å². The molecule has 0 fully saturated rings. The zero-order chi connectivity index (χ0) is 13.9. The van der Waals surface area contributed by atoms with E-state index in [0.717, 1.165) is 33.6 Å². The summed E-state index contributed by atoms with van der Waals surface area (Å²) in [4.78, 5) is 8.49. The predicted octanol–water partition coefficient (Wildman–Crippen LogP) is 3.70. The third-order valence-electron chi connectivity index (χ3n) is 3.19. The lowest BCUT2D eigenvalue weighted by molar-refractivity contribution is 1.20. The lowest BCUT2D eigenvalue weighted by atomic mass is 10.00. The van der Waals surface area contributed by atoms with Crippen LogP contribution in [0.1, 0.15) is 5.69 Å². The monoisotopic (exact) mass is 261 g/mol. The smallest absolute Gasteiger partial charge is 0.0373 e. The molecule has 0 spiro atoms. The number of aromatic nitrogens is 2. The summed E-state index contributed by atoms with van der Waals surface area (Å²) >= 11 is 0. The van der Waals surface area contributed by atoms with Gasteiger partial charge in [-0.1, -0.05) is 12.1 Å². The first kappa shape index (κ1) is 12.4. The minimum Gasteiger partial charge on any atom is -0.399 e. The van der Waals surface area contributed by atoms with Crippen molar-refractivity contribution in [3.05, 3.63) is 66.7 Å². The van der Waals surface area contributed by atoms with Gasteiger partial charge in [-0.2, -0.15) is 0 Å². The van der Waals surface area contributed by atoms with E-state index in [9.17, 15) is 0 Å². The Kier molecular flexibility index (Phi) is 3.17. The van der Waals surface area contributed by atoms with E-state index in [1.165, 1.54) is 0 Å². The third-order valence-corrected chi connectivity index (χ3v) is 3.19. The van der Waals surface area contributed by atoms with Crippen molar-refractivity contribution in [1.29, 1.82) is 0 Å². The highest BCUT2D eigenvalue weighted by Crippen LogP contribution is 2.28. The number of pyridine rings is 2. The van der Waals surface area contributed by atoms with Crippen LogP contribution >= 0.6 is 0 Å². The molecule has 2 N–H and O–H groups in total. The van der Waals surface area contributed by atoms with Crippen molar-refractivity contribution in [2.45, 2.75) is 6.92 Å². The second-order valence-electron chi connectivity index (χ2n) is 4.77. The van der Waals surface area contributed by atoms with E-state index < -0.39 is 0 Å². The predicted molar refractivity (Wildman–Crippen MR) is 82.1 cm³/mol. The van der Waals surface area contributed by atoms with Crippen molar-refractivity contribution >= 4 is 5.69 Å². The Morgan fingerprint density at radius 3 is 2.20 bits per heavy atom. The van der Waals surface area contributed by atoms with Crippen molar-refractivity contribution in [3.8, 4) is 22.3 Å². The van der Waals surface area contributed by atoms with Gasteiger partial charge in [-0.15, -0.1) is 0 Å². The SMILES string of the molecule is Cc1ccc(-c2cc(N)cc(-c3cccnc3)c2)cn1. The maximum absolute atomic E-state index is 6.02. The van der Waals surface area contributed by atoms with Crippen LogP contribution in [0.5, 0.6) is 0 Å². The molecule has 0 aliphatic carbocycles. The number of nitrogens with two attached hydrogens (primary N) is 1. The number of hydrogen-bond donors (Lipinski definition) is 1. The van der Waals surface area contributed by atoms with Crippen LogP contribution in [0.15, 0.2) is 61.1 Å². The minimum atomic E-state index is 0.738. The maximum Gasteiger partial charge on any atom is 0.0373 e. The van der Waals surface area contributed by atoms with E-state index in [1.54, 1.807) is 6.20 Å². The molecule has 2 heterocycles. The van der Waals surface area contributed by atoms with Crippen molar-refractivity contribution in [1.82, 2.24) is 9.97 Å². The van der Waals surface area contributed by atoms with E-state index in [1.807, 2.05) is 49.6 Å². The number of rotatable bonds is 2. The van der Waals surface area contributed by atoms with Crippen LogP contribution in [0, 0.1) is 6.92 Å². The lowest BCUT2D eigenvalue weighted by Gasteiger charge is -2.08. The minimum absolute atomic E-state index is 0.738. The zero-order valence-electron chi connectivity index (χ0n) is 11.2. The average molecular weight is 261 g/mol. The van der Waals surface area contributed by atoms with Gasteiger partial charge in [0.1, 0.15) is 0 Å². The van der Waals surface area contributed by atoms with Gasteiger partial charge in [0.15, 0.2) is 0 Å². The van der Waals surface area contributed by atoms with Gasteiger partial charge in [0.25, 0.3) is 0 Å². The molecule has 0 radical (unpaired) electrons. The van der Waals surface area contributed by atoms with E-state index in [4.69, 9.17) is 5.73 Å². The molecule has 3 rings (SSSR count). The van der Waals surface area contributed by atoms with Crippen molar-refractivity contribution in [2.75, 3.05) is 5.73 Å². The van der Waals surface area contributed by atoms with Crippen LogP contribution in [0.2, 0.25) is 0 Å². The van der Waals surface area contributed by atoms with E-state index in [2.05, 4.69) is 22.1 Å². The summed E-state index contributed by atoms with van der Waals surface area (Å²) in [6.45, 7) is 1.98. The Hall–Kier alpha value is -2.68. The number of nitrogen functional groups attached to an aromatic ring is 1. The second-order valence-corrected chi connectivity index (χ2v) is 4.77. The average Bonchev–Trinajstić information content (AvgIpc) is 2.48. The Morgan fingerprint density at radius 1 is 0.850 bits per heavy atom. The van der Waals surface area contributed by atoms with Crippen molar-refractivity contribution < 1.29 is 0 Å². The number of anilines is 1. The molecule has 20 heavy (non-hydrogen) atoms. The first-order valence-electron chi connectivity index (χ1n) is 6.46. The number of hydrogen-bond acceptors (Lipinski definition) is 3. The van der Waals surface area contributed by atoms with Gasteiger partial charge in [-0.3, -0.25) is 9.97 Å². The zero-order valence-corrected chi connectivity index (χ0v) is 11.2. The largest absolute Gasteiger partial charge is 0.399 e. The second kappa shape index (κ2) is 5.13. The van der Waals surface area contributed by atoms with E-state index in [0.29, 0.717) is 0 Å². The Labute approximate surface area is 118 Å². The Bertz CT molecular complexity index is 719. The summed E-state index contributed by atoms with van der Waals surface area (Å²) in [5, 5.41) is 0. The van der Waals surface area contributed by atoms with Crippen molar-refractivity contribution in [3.63, 3.8) is 0 Å². The lowest BCUT2D eigenvalue weighted by Crippen LogP contribution is -1.90. The number of benzene rings is 1. The molecule has 3 aromatic rings. The van der Waals surface area contributed by atoms with Crippen LogP contribution in [0.4, 0.5) is 5.69 Å². The van der Waals surface area contributed by atoms with Gasteiger partial charge < -0.3 is 5.73 Å². The standard InChI is InChI=1S/C17H15N3/c1-12-4-5-14(11-20-12)16-7-15(8-17(18)9-16)13-3-2-6-19-10-13/h2-11H,18H2,1H3. The first-order valence-corrected chi connectivity index (χ1v) is 6.46. The highest BCUT2D eigenvalue weighted by Gasteiger charge is 2.04. The van der Waals surface area contributed by atoms with Gasteiger partial charge in [-0.05, 0) is 48.4 Å². The summed E-state index contributed by atoms with van der Waals surface area (Å²) in [6, 6.07) is 14.0. The molecule has 0 saturated carbocycles. The molecule has 0 aliphatic rings. The van der Waals surface area contributed by atoms with Crippen LogP contribution in [0.3, 0.4) is 0 Å². The maximum atomic E-state index is 6.02. The summed E-state index contributed by atoms with van der Waals surface area (Å²) in [6.07, 6.45) is 5.48. The molecule has 0 bridgehead atoms. The molecule has 1 aromatic carbocycles.